The van der Waals surface area contributed by atoms with Gasteiger partial charge in [0.2, 0.25) is 5.91 Å². The van der Waals surface area contributed by atoms with E-state index in [0.29, 0.717) is 11.9 Å². The first-order valence-electron chi connectivity index (χ1n) is 7.43. The minimum atomic E-state index is -0.132. The Bertz CT molecular complexity index is 233. The summed E-state index contributed by atoms with van der Waals surface area (Å²) in [5.74, 6) is 0.305. The summed E-state index contributed by atoms with van der Waals surface area (Å²) in [4.78, 5) is 12.4. The Morgan fingerprint density at radius 2 is 1.82 bits per heavy atom. The van der Waals surface area contributed by atoms with Gasteiger partial charge in [-0.25, -0.2) is 0 Å². The van der Waals surface area contributed by atoms with Crippen molar-refractivity contribution in [2.75, 3.05) is 0 Å². The third-order valence-electron chi connectivity index (χ3n) is 4.12. The molecule has 1 rings (SSSR count). The van der Waals surface area contributed by atoms with E-state index in [1.54, 1.807) is 0 Å². The lowest BCUT2D eigenvalue weighted by Gasteiger charge is -2.29. The summed E-state index contributed by atoms with van der Waals surface area (Å²) in [6.45, 7) is 6.52. The molecule has 0 radical (unpaired) electrons. The maximum atomic E-state index is 12.4. The van der Waals surface area contributed by atoms with Gasteiger partial charge in [-0.05, 0) is 25.7 Å². The molecule has 1 amide bonds. The molecule has 100 valence electrons. The van der Waals surface area contributed by atoms with Crippen LogP contribution in [0.2, 0.25) is 0 Å². The minimum absolute atomic E-state index is 0.132. The van der Waals surface area contributed by atoms with Gasteiger partial charge in [0, 0.05) is 11.5 Å². The summed E-state index contributed by atoms with van der Waals surface area (Å²) in [7, 11) is 0. The molecule has 0 saturated heterocycles. The SMILES string of the molecule is CCCCC(C)(CCC)C(=O)NC1CCCC1. The monoisotopic (exact) mass is 239 g/mol. The van der Waals surface area contributed by atoms with Crippen LogP contribution in [0.25, 0.3) is 0 Å². The van der Waals surface area contributed by atoms with E-state index in [9.17, 15) is 4.79 Å². The summed E-state index contributed by atoms with van der Waals surface area (Å²) < 4.78 is 0. The molecule has 1 N–H and O–H groups in total. The Morgan fingerprint density at radius 1 is 1.18 bits per heavy atom. The number of unbranched alkanes of at least 4 members (excludes halogenated alkanes) is 1. The second kappa shape index (κ2) is 7.03. The Kier molecular flexibility index (Phi) is 6.01. The zero-order valence-electron chi connectivity index (χ0n) is 11.8. The standard InChI is InChI=1S/C15H29NO/c1-4-6-12-15(3,11-5-2)14(17)16-13-9-7-8-10-13/h13H,4-12H2,1-3H3,(H,16,17). The topological polar surface area (TPSA) is 29.1 Å². The number of hydrogen-bond acceptors (Lipinski definition) is 1. The van der Waals surface area contributed by atoms with E-state index in [0.717, 1.165) is 25.7 Å². The van der Waals surface area contributed by atoms with E-state index in [2.05, 4.69) is 26.1 Å². The summed E-state index contributed by atoms with van der Waals surface area (Å²) in [5, 5.41) is 3.27. The first-order valence-corrected chi connectivity index (χ1v) is 7.43. The fraction of sp³-hybridized carbons (Fsp3) is 0.933. The molecule has 0 heterocycles. The predicted molar refractivity (Wildman–Crippen MR) is 72.9 cm³/mol. The fourth-order valence-electron chi connectivity index (χ4n) is 2.90. The molecule has 0 spiro atoms. The molecule has 1 fully saturated rings. The van der Waals surface area contributed by atoms with E-state index in [-0.39, 0.29) is 5.41 Å². The number of hydrogen-bond donors (Lipinski definition) is 1. The Balaban J connectivity index is 2.51. The van der Waals surface area contributed by atoms with E-state index < -0.39 is 0 Å². The van der Waals surface area contributed by atoms with Crippen LogP contribution in [0.3, 0.4) is 0 Å². The lowest BCUT2D eigenvalue weighted by Crippen LogP contribution is -2.43. The fourth-order valence-corrected chi connectivity index (χ4v) is 2.90. The summed E-state index contributed by atoms with van der Waals surface area (Å²) >= 11 is 0. The van der Waals surface area contributed by atoms with Crippen molar-refractivity contribution in [3.63, 3.8) is 0 Å². The highest BCUT2D eigenvalue weighted by Gasteiger charge is 2.33. The Labute approximate surface area is 107 Å². The van der Waals surface area contributed by atoms with E-state index in [1.807, 2.05) is 0 Å². The molecule has 1 aliphatic rings. The number of nitrogens with one attached hydrogen (secondary N) is 1. The molecule has 0 aliphatic heterocycles. The number of carbonyl (C=O) groups excluding carboxylic acids is 1. The highest BCUT2D eigenvalue weighted by Crippen LogP contribution is 2.31. The molecule has 0 bridgehead atoms. The molecule has 1 unspecified atom stereocenters. The van der Waals surface area contributed by atoms with Crippen molar-refractivity contribution in [1.82, 2.24) is 5.32 Å². The summed E-state index contributed by atoms with van der Waals surface area (Å²) in [6, 6.07) is 0.459. The van der Waals surface area contributed by atoms with Gasteiger partial charge in [-0.15, -0.1) is 0 Å². The maximum absolute atomic E-state index is 12.4. The summed E-state index contributed by atoms with van der Waals surface area (Å²) in [5.41, 5.74) is -0.132. The Morgan fingerprint density at radius 3 is 2.35 bits per heavy atom. The van der Waals surface area contributed by atoms with Crippen LogP contribution in [0, 0.1) is 5.41 Å². The van der Waals surface area contributed by atoms with Gasteiger partial charge in [0.25, 0.3) is 0 Å². The van der Waals surface area contributed by atoms with E-state index in [1.165, 1.54) is 32.1 Å². The van der Waals surface area contributed by atoms with E-state index >= 15 is 0 Å². The quantitative estimate of drug-likeness (QED) is 0.713. The van der Waals surface area contributed by atoms with Gasteiger partial charge in [-0.2, -0.15) is 0 Å². The number of rotatable bonds is 7. The molecule has 1 atom stereocenters. The average Bonchev–Trinajstić information content (AvgIpc) is 2.79. The zero-order valence-corrected chi connectivity index (χ0v) is 11.8. The first-order chi connectivity index (χ1) is 8.12. The van der Waals surface area contributed by atoms with Crippen LogP contribution in [-0.2, 0) is 4.79 Å². The number of carbonyl (C=O) groups is 1. The molecule has 0 aromatic carbocycles. The van der Waals surface area contributed by atoms with Gasteiger partial charge in [0.1, 0.15) is 0 Å². The molecule has 1 aliphatic carbocycles. The van der Waals surface area contributed by atoms with Gasteiger partial charge in [-0.1, -0.05) is 52.9 Å². The molecule has 2 heteroatoms. The van der Waals surface area contributed by atoms with Crippen molar-refractivity contribution < 1.29 is 4.79 Å². The largest absolute Gasteiger partial charge is 0.353 e. The third-order valence-corrected chi connectivity index (χ3v) is 4.12. The maximum Gasteiger partial charge on any atom is 0.226 e. The molecule has 0 aromatic heterocycles. The van der Waals surface area contributed by atoms with Gasteiger partial charge < -0.3 is 5.32 Å². The minimum Gasteiger partial charge on any atom is -0.353 e. The predicted octanol–water partition coefficient (Wildman–Crippen LogP) is 4.04. The molecule has 17 heavy (non-hydrogen) atoms. The lowest BCUT2D eigenvalue weighted by molar-refractivity contribution is -0.131. The molecule has 2 nitrogen and oxygen atoms in total. The first kappa shape index (κ1) is 14.5. The molecule has 0 aromatic rings. The van der Waals surface area contributed by atoms with Crippen LogP contribution < -0.4 is 5.32 Å². The molecular formula is C15H29NO. The van der Waals surface area contributed by atoms with Crippen LogP contribution in [-0.4, -0.2) is 11.9 Å². The van der Waals surface area contributed by atoms with Crippen molar-refractivity contribution in [3.8, 4) is 0 Å². The Hall–Kier alpha value is -0.530. The smallest absolute Gasteiger partial charge is 0.226 e. The second-order valence-corrected chi connectivity index (χ2v) is 5.87. The molecular weight excluding hydrogens is 210 g/mol. The number of amides is 1. The van der Waals surface area contributed by atoms with E-state index in [4.69, 9.17) is 0 Å². The van der Waals surface area contributed by atoms with Crippen molar-refractivity contribution >= 4 is 5.91 Å². The van der Waals surface area contributed by atoms with Crippen LogP contribution >= 0.6 is 0 Å². The van der Waals surface area contributed by atoms with Crippen LogP contribution in [0.15, 0.2) is 0 Å². The van der Waals surface area contributed by atoms with Crippen LogP contribution in [0.1, 0.15) is 78.6 Å². The van der Waals surface area contributed by atoms with Gasteiger partial charge >= 0.3 is 0 Å². The summed E-state index contributed by atoms with van der Waals surface area (Å²) in [6.07, 6.45) is 10.4. The zero-order chi connectivity index (χ0) is 12.7. The van der Waals surface area contributed by atoms with Crippen molar-refractivity contribution in [1.29, 1.82) is 0 Å². The van der Waals surface area contributed by atoms with Gasteiger partial charge in [-0.3, -0.25) is 4.79 Å². The van der Waals surface area contributed by atoms with Gasteiger partial charge in [0.05, 0.1) is 0 Å². The normalized spacial score (nSPS) is 20.2. The van der Waals surface area contributed by atoms with Gasteiger partial charge in [0.15, 0.2) is 0 Å². The average molecular weight is 239 g/mol. The van der Waals surface area contributed by atoms with Crippen LogP contribution in [0.5, 0.6) is 0 Å². The highest BCUT2D eigenvalue weighted by atomic mass is 16.2. The van der Waals surface area contributed by atoms with Crippen molar-refractivity contribution in [2.45, 2.75) is 84.6 Å². The molecule has 1 saturated carbocycles. The van der Waals surface area contributed by atoms with Crippen LogP contribution in [0.4, 0.5) is 0 Å². The van der Waals surface area contributed by atoms with Crippen molar-refractivity contribution in [2.24, 2.45) is 5.41 Å². The third kappa shape index (κ3) is 4.33. The van der Waals surface area contributed by atoms with Crippen molar-refractivity contribution in [3.05, 3.63) is 0 Å². The second-order valence-electron chi connectivity index (χ2n) is 5.87. The highest BCUT2D eigenvalue weighted by molar-refractivity contribution is 5.82. The lowest BCUT2D eigenvalue weighted by atomic mass is 9.79.